The average Bonchev–Trinajstić information content (AvgIpc) is 3.07. The highest BCUT2D eigenvalue weighted by Crippen LogP contribution is 2.15. The smallest absolute Gasteiger partial charge is 0.0923 e. The van der Waals surface area contributed by atoms with Crippen molar-refractivity contribution >= 4 is 10.8 Å². The molecule has 0 aliphatic carbocycles. The van der Waals surface area contributed by atoms with Crippen LogP contribution in [0.2, 0.25) is 0 Å². The van der Waals surface area contributed by atoms with E-state index in [0.29, 0.717) is 6.42 Å². The molecule has 4 heteroatoms. The fourth-order valence-electron chi connectivity index (χ4n) is 2.64. The van der Waals surface area contributed by atoms with Gasteiger partial charge in [-0.1, -0.05) is 49.0 Å². The van der Waals surface area contributed by atoms with Gasteiger partial charge in [-0.2, -0.15) is 0 Å². The van der Waals surface area contributed by atoms with Crippen LogP contribution in [0.25, 0.3) is 10.8 Å². The number of aromatic amines is 1. The summed E-state index contributed by atoms with van der Waals surface area (Å²) < 4.78 is 0. The number of benzene rings is 2. The Labute approximate surface area is 136 Å². The molecule has 0 saturated carbocycles. The minimum Gasteiger partial charge on any atom is -0.387 e. The molecule has 23 heavy (non-hydrogen) atoms. The van der Waals surface area contributed by atoms with Gasteiger partial charge in [0.05, 0.1) is 12.0 Å². The first-order valence-electron chi connectivity index (χ1n) is 7.86. The van der Waals surface area contributed by atoms with Crippen molar-refractivity contribution in [1.29, 1.82) is 0 Å². The Morgan fingerprint density at radius 3 is 2.83 bits per heavy atom. The summed E-state index contributed by atoms with van der Waals surface area (Å²) in [6.45, 7) is 4.87. The third kappa shape index (κ3) is 3.99. The van der Waals surface area contributed by atoms with Crippen LogP contribution in [0.15, 0.2) is 67.3 Å². The van der Waals surface area contributed by atoms with Crippen molar-refractivity contribution in [2.45, 2.75) is 18.9 Å². The minimum atomic E-state index is -0.130. The standard InChI is InChI=1S/C19H22N4/c1-14(19(20)11-18-12-21-13-23-18)22-9-8-15-6-7-16-4-2-3-5-17(16)10-15/h2-7,10,12-13,19,22H,1,8-9,11,20H2,(H,21,23). The summed E-state index contributed by atoms with van der Waals surface area (Å²) in [6, 6.07) is 14.9. The summed E-state index contributed by atoms with van der Waals surface area (Å²) >= 11 is 0. The highest BCUT2D eigenvalue weighted by molar-refractivity contribution is 5.82. The van der Waals surface area contributed by atoms with Crippen molar-refractivity contribution in [1.82, 2.24) is 15.3 Å². The summed E-state index contributed by atoms with van der Waals surface area (Å²) in [5, 5.41) is 5.88. The number of nitrogens with zero attached hydrogens (tertiary/aromatic N) is 1. The Hall–Kier alpha value is -2.59. The van der Waals surface area contributed by atoms with Gasteiger partial charge in [0.1, 0.15) is 0 Å². The van der Waals surface area contributed by atoms with Crippen LogP contribution in [0, 0.1) is 0 Å². The molecular weight excluding hydrogens is 284 g/mol. The van der Waals surface area contributed by atoms with E-state index in [1.807, 2.05) is 6.20 Å². The van der Waals surface area contributed by atoms with Crippen LogP contribution in [0.4, 0.5) is 0 Å². The second-order valence-electron chi connectivity index (χ2n) is 5.75. The first kappa shape index (κ1) is 15.3. The van der Waals surface area contributed by atoms with Crippen LogP contribution in [-0.2, 0) is 12.8 Å². The molecule has 0 spiro atoms. The molecule has 0 amide bonds. The maximum atomic E-state index is 6.15. The predicted octanol–water partition coefficient (Wildman–Crippen LogP) is 2.78. The van der Waals surface area contributed by atoms with Crippen LogP contribution >= 0.6 is 0 Å². The molecule has 0 aliphatic rings. The van der Waals surface area contributed by atoms with Crippen molar-refractivity contribution in [2.24, 2.45) is 5.73 Å². The largest absolute Gasteiger partial charge is 0.387 e. The Morgan fingerprint density at radius 2 is 2.04 bits per heavy atom. The molecule has 1 aromatic heterocycles. The summed E-state index contributed by atoms with van der Waals surface area (Å²) in [7, 11) is 0. The second-order valence-corrected chi connectivity index (χ2v) is 5.75. The Bertz CT molecular complexity index is 777. The van der Waals surface area contributed by atoms with Crippen molar-refractivity contribution in [3.63, 3.8) is 0 Å². The highest BCUT2D eigenvalue weighted by Gasteiger charge is 2.09. The third-order valence-electron chi connectivity index (χ3n) is 4.01. The quantitative estimate of drug-likeness (QED) is 0.629. The fraction of sp³-hybridized carbons (Fsp3) is 0.211. The summed E-state index contributed by atoms with van der Waals surface area (Å²) in [5.41, 5.74) is 9.27. The van der Waals surface area contributed by atoms with E-state index in [-0.39, 0.29) is 6.04 Å². The predicted molar refractivity (Wildman–Crippen MR) is 95.1 cm³/mol. The van der Waals surface area contributed by atoms with Gasteiger partial charge in [0, 0.05) is 30.9 Å². The normalized spacial score (nSPS) is 12.2. The molecular formula is C19H22N4. The van der Waals surface area contributed by atoms with E-state index in [2.05, 4.69) is 64.3 Å². The third-order valence-corrected chi connectivity index (χ3v) is 4.01. The number of nitrogens with one attached hydrogen (secondary N) is 2. The van der Waals surface area contributed by atoms with Crippen molar-refractivity contribution in [3.05, 3.63) is 78.5 Å². The van der Waals surface area contributed by atoms with Gasteiger partial charge in [-0.25, -0.2) is 4.98 Å². The maximum Gasteiger partial charge on any atom is 0.0923 e. The molecule has 1 unspecified atom stereocenters. The minimum absolute atomic E-state index is 0.130. The topological polar surface area (TPSA) is 66.7 Å². The molecule has 1 atom stereocenters. The maximum absolute atomic E-state index is 6.15. The Morgan fingerprint density at radius 1 is 1.22 bits per heavy atom. The molecule has 118 valence electrons. The van der Waals surface area contributed by atoms with E-state index in [0.717, 1.165) is 24.4 Å². The SMILES string of the molecule is C=C(NCCc1ccc2ccccc2c1)C(N)Cc1c[nH]cn1. The number of hydrogen-bond donors (Lipinski definition) is 3. The van der Waals surface area contributed by atoms with Crippen LogP contribution in [0.5, 0.6) is 0 Å². The number of hydrogen-bond acceptors (Lipinski definition) is 3. The summed E-state index contributed by atoms with van der Waals surface area (Å²) in [6.07, 6.45) is 5.16. The molecule has 1 heterocycles. The zero-order chi connectivity index (χ0) is 16.1. The van der Waals surface area contributed by atoms with Gasteiger partial charge in [-0.3, -0.25) is 0 Å². The number of rotatable bonds is 7. The lowest BCUT2D eigenvalue weighted by molar-refractivity contribution is 0.659. The van der Waals surface area contributed by atoms with Crippen LogP contribution in [-0.4, -0.2) is 22.6 Å². The molecule has 0 radical (unpaired) electrons. The number of H-pyrrole nitrogens is 1. The van der Waals surface area contributed by atoms with E-state index in [1.165, 1.54) is 16.3 Å². The van der Waals surface area contributed by atoms with Gasteiger partial charge in [-0.05, 0) is 22.8 Å². The fourth-order valence-corrected chi connectivity index (χ4v) is 2.64. The molecule has 0 fully saturated rings. The van der Waals surface area contributed by atoms with Gasteiger partial charge < -0.3 is 16.0 Å². The highest BCUT2D eigenvalue weighted by atomic mass is 14.9. The van der Waals surface area contributed by atoms with Crippen molar-refractivity contribution in [3.8, 4) is 0 Å². The summed E-state index contributed by atoms with van der Waals surface area (Å²) in [4.78, 5) is 7.13. The zero-order valence-electron chi connectivity index (χ0n) is 13.1. The van der Waals surface area contributed by atoms with Gasteiger partial charge in [0.15, 0.2) is 0 Å². The van der Waals surface area contributed by atoms with E-state index < -0.39 is 0 Å². The molecule has 0 bridgehead atoms. The molecule has 4 nitrogen and oxygen atoms in total. The Kier molecular flexibility index (Phi) is 4.74. The van der Waals surface area contributed by atoms with Gasteiger partial charge >= 0.3 is 0 Å². The monoisotopic (exact) mass is 306 g/mol. The lowest BCUT2D eigenvalue weighted by atomic mass is 10.0. The molecule has 2 aromatic carbocycles. The van der Waals surface area contributed by atoms with Gasteiger partial charge in [0.25, 0.3) is 0 Å². The van der Waals surface area contributed by atoms with E-state index in [4.69, 9.17) is 5.73 Å². The van der Waals surface area contributed by atoms with E-state index >= 15 is 0 Å². The lowest BCUT2D eigenvalue weighted by Crippen LogP contribution is -2.33. The summed E-state index contributed by atoms with van der Waals surface area (Å²) in [5.74, 6) is 0. The van der Waals surface area contributed by atoms with Crippen LogP contribution in [0.1, 0.15) is 11.3 Å². The zero-order valence-corrected chi connectivity index (χ0v) is 13.1. The molecule has 3 aromatic rings. The Balaban J connectivity index is 1.50. The van der Waals surface area contributed by atoms with Crippen LogP contribution < -0.4 is 11.1 Å². The van der Waals surface area contributed by atoms with Gasteiger partial charge in [0.2, 0.25) is 0 Å². The molecule has 3 rings (SSSR count). The van der Waals surface area contributed by atoms with Gasteiger partial charge in [-0.15, -0.1) is 0 Å². The number of fused-ring (bicyclic) bond motifs is 1. The first-order chi connectivity index (χ1) is 11.2. The lowest BCUT2D eigenvalue weighted by Gasteiger charge is -2.16. The average molecular weight is 306 g/mol. The number of imidazole rings is 1. The van der Waals surface area contributed by atoms with Crippen molar-refractivity contribution in [2.75, 3.05) is 6.54 Å². The second kappa shape index (κ2) is 7.11. The van der Waals surface area contributed by atoms with E-state index in [9.17, 15) is 0 Å². The van der Waals surface area contributed by atoms with E-state index in [1.54, 1.807) is 6.33 Å². The molecule has 4 N–H and O–H groups in total. The molecule has 0 saturated heterocycles. The molecule has 0 aliphatic heterocycles. The number of nitrogens with two attached hydrogens (primary N) is 1. The van der Waals surface area contributed by atoms with Crippen LogP contribution in [0.3, 0.4) is 0 Å². The van der Waals surface area contributed by atoms with Crippen molar-refractivity contribution < 1.29 is 0 Å². The number of aromatic nitrogens is 2. The first-order valence-corrected chi connectivity index (χ1v) is 7.86.